The van der Waals surface area contributed by atoms with E-state index in [-0.39, 0.29) is 10.3 Å². The molecule has 0 saturated carbocycles. The fraction of sp³-hybridized carbons (Fsp3) is 0.200. The predicted molar refractivity (Wildman–Crippen MR) is 134 cm³/mol. The minimum Gasteiger partial charge on any atom is -0.291 e. The van der Waals surface area contributed by atoms with Gasteiger partial charge in [-0.15, -0.1) is 4.83 Å². The fourth-order valence-corrected chi connectivity index (χ4v) is 5.01. The molecule has 8 heteroatoms. The zero-order chi connectivity index (χ0) is 23.6. The molecule has 2 N–H and O–H groups in total. The van der Waals surface area contributed by atoms with E-state index in [1.54, 1.807) is 36.0 Å². The van der Waals surface area contributed by atoms with E-state index in [0.717, 1.165) is 26.3 Å². The number of aryl methyl sites for hydroxylation is 1. The Morgan fingerprint density at radius 3 is 2.21 bits per heavy atom. The van der Waals surface area contributed by atoms with Crippen LogP contribution in [0.3, 0.4) is 0 Å². The van der Waals surface area contributed by atoms with E-state index >= 15 is 0 Å². The van der Waals surface area contributed by atoms with Crippen molar-refractivity contribution < 1.29 is 8.42 Å². The third-order valence-electron chi connectivity index (χ3n) is 4.96. The lowest BCUT2D eigenvalue weighted by Gasteiger charge is -2.20. The van der Waals surface area contributed by atoms with Gasteiger partial charge in [0.25, 0.3) is 10.0 Å². The van der Waals surface area contributed by atoms with E-state index < -0.39 is 10.0 Å². The predicted octanol–water partition coefficient (Wildman–Crippen LogP) is 5.69. The maximum atomic E-state index is 12.9. The molecule has 4 aromatic rings. The minimum absolute atomic E-state index is 0.175. The van der Waals surface area contributed by atoms with Gasteiger partial charge in [-0.1, -0.05) is 74.5 Å². The molecule has 0 spiro atoms. The largest absolute Gasteiger partial charge is 0.291 e. The minimum atomic E-state index is -3.79. The smallest absolute Gasteiger partial charge is 0.257 e. The molecule has 3 aromatic carbocycles. The summed E-state index contributed by atoms with van der Waals surface area (Å²) in [6.45, 7) is 7.99. The van der Waals surface area contributed by atoms with E-state index in [2.05, 4.69) is 10.3 Å². The van der Waals surface area contributed by atoms with Gasteiger partial charge in [0.2, 0.25) is 0 Å². The number of nitrogens with one attached hydrogen (secondary N) is 2. The molecule has 0 fully saturated rings. The molecule has 0 saturated heterocycles. The van der Waals surface area contributed by atoms with Gasteiger partial charge in [-0.2, -0.15) is 0 Å². The zero-order valence-electron chi connectivity index (χ0n) is 19.0. The quantitative estimate of drug-likeness (QED) is 0.346. The first-order valence-electron chi connectivity index (χ1n) is 10.5. The highest BCUT2D eigenvalue weighted by atomic mass is 32.2. The second-order valence-corrected chi connectivity index (χ2v) is 11.6. The van der Waals surface area contributed by atoms with Crippen LogP contribution in [0.1, 0.15) is 32.2 Å². The van der Waals surface area contributed by atoms with Crippen molar-refractivity contribution in [3.05, 3.63) is 84.2 Å². The average molecular weight is 479 g/mol. The van der Waals surface area contributed by atoms with Crippen LogP contribution in [0.15, 0.2) is 87.5 Å². The number of benzene rings is 3. The van der Waals surface area contributed by atoms with Crippen molar-refractivity contribution in [3.63, 3.8) is 0 Å². The number of rotatable bonds is 6. The third-order valence-corrected chi connectivity index (χ3v) is 7.29. The third kappa shape index (κ3) is 5.35. The van der Waals surface area contributed by atoms with Crippen molar-refractivity contribution in [2.45, 2.75) is 47.8 Å². The highest BCUT2D eigenvalue weighted by molar-refractivity contribution is 7.99. The summed E-state index contributed by atoms with van der Waals surface area (Å²) in [4.78, 5) is 14.2. The van der Waals surface area contributed by atoms with E-state index in [1.807, 2.05) is 76.2 Å². The molecular weight excluding hydrogens is 452 g/mol. The summed E-state index contributed by atoms with van der Waals surface area (Å²) >= 11 is 1.58. The Morgan fingerprint density at radius 2 is 1.55 bits per heavy atom. The summed E-state index contributed by atoms with van der Waals surface area (Å²) in [5, 5.41) is 0.756. The Bertz CT molecular complexity index is 1380. The number of fused-ring (bicyclic) bond motifs is 1. The first-order valence-corrected chi connectivity index (χ1v) is 12.8. The van der Waals surface area contributed by atoms with E-state index in [1.165, 1.54) is 0 Å². The highest BCUT2D eigenvalue weighted by Gasteiger charge is 2.22. The van der Waals surface area contributed by atoms with Gasteiger partial charge in [0.05, 0.1) is 15.8 Å². The summed E-state index contributed by atoms with van der Waals surface area (Å²) in [7, 11) is -3.79. The molecule has 0 amide bonds. The number of hydrazine groups is 1. The summed E-state index contributed by atoms with van der Waals surface area (Å²) < 4.78 is 25.8. The topological polar surface area (TPSA) is 84.0 Å². The number of sulfonamides is 1. The van der Waals surface area contributed by atoms with Crippen molar-refractivity contribution in [2.24, 2.45) is 0 Å². The van der Waals surface area contributed by atoms with Crippen LogP contribution < -0.4 is 10.3 Å². The summed E-state index contributed by atoms with van der Waals surface area (Å²) in [6.07, 6.45) is 0. The summed E-state index contributed by atoms with van der Waals surface area (Å²) in [6, 6.07) is 22.5. The van der Waals surface area contributed by atoms with Crippen LogP contribution in [0.25, 0.3) is 10.9 Å². The van der Waals surface area contributed by atoms with Crippen molar-refractivity contribution in [2.75, 3.05) is 5.43 Å². The Balaban J connectivity index is 1.78. The molecule has 0 atom stereocenters. The van der Waals surface area contributed by atoms with Gasteiger partial charge < -0.3 is 0 Å². The lowest BCUT2D eigenvalue weighted by Crippen LogP contribution is -2.31. The van der Waals surface area contributed by atoms with Crippen molar-refractivity contribution >= 4 is 38.5 Å². The molecule has 0 unspecified atom stereocenters. The number of anilines is 1. The molecule has 0 aliphatic carbocycles. The van der Waals surface area contributed by atoms with Crippen LogP contribution in [-0.4, -0.2) is 18.4 Å². The van der Waals surface area contributed by atoms with Crippen molar-refractivity contribution in [1.29, 1.82) is 0 Å². The molecule has 0 aliphatic heterocycles. The molecular formula is C25H26N4O2S2. The SMILES string of the molecule is Cc1ccc(S(=O)(=O)NNc2nc(C(C)(C)C)nc3cccc(Sc4ccccc4)c23)cc1. The Hall–Kier alpha value is -2.94. The molecule has 1 heterocycles. The molecule has 4 rings (SSSR count). The van der Waals surface area contributed by atoms with Gasteiger partial charge in [0, 0.05) is 15.2 Å². The first-order chi connectivity index (χ1) is 15.6. The van der Waals surface area contributed by atoms with Crippen LogP contribution in [0, 0.1) is 6.92 Å². The normalized spacial score (nSPS) is 12.1. The lowest BCUT2D eigenvalue weighted by molar-refractivity contribution is 0.548. The lowest BCUT2D eigenvalue weighted by atomic mass is 9.95. The van der Waals surface area contributed by atoms with Gasteiger partial charge in [0.1, 0.15) is 5.82 Å². The van der Waals surface area contributed by atoms with E-state index in [4.69, 9.17) is 9.97 Å². The van der Waals surface area contributed by atoms with Crippen LogP contribution >= 0.6 is 11.8 Å². The molecule has 0 aliphatic rings. The van der Waals surface area contributed by atoms with Gasteiger partial charge in [-0.05, 0) is 43.3 Å². The highest BCUT2D eigenvalue weighted by Crippen LogP contribution is 2.37. The Kier molecular flexibility index (Phi) is 6.43. The molecule has 0 bridgehead atoms. The monoisotopic (exact) mass is 478 g/mol. The van der Waals surface area contributed by atoms with Gasteiger partial charge >= 0.3 is 0 Å². The maximum absolute atomic E-state index is 12.9. The standard InChI is InChI=1S/C25H26N4O2S2/c1-17-13-15-19(16-14-17)33(30,31)29-28-23-22-20(26-24(27-23)25(2,3)4)11-8-12-21(22)32-18-9-6-5-7-10-18/h5-16,29H,1-4H3,(H,26,27,28). The summed E-state index contributed by atoms with van der Waals surface area (Å²) in [5.74, 6) is 1.04. The van der Waals surface area contributed by atoms with Gasteiger partial charge in [-0.25, -0.2) is 18.4 Å². The zero-order valence-corrected chi connectivity index (χ0v) is 20.6. The second-order valence-electron chi connectivity index (χ2n) is 8.75. The Morgan fingerprint density at radius 1 is 0.848 bits per heavy atom. The van der Waals surface area contributed by atoms with Crippen LogP contribution in [0.2, 0.25) is 0 Å². The Labute approximate surface area is 198 Å². The molecule has 1 aromatic heterocycles. The van der Waals surface area contributed by atoms with Gasteiger partial charge in [0.15, 0.2) is 5.82 Å². The molecule has 170 valence electrons. The van der Waals surface area contributed by atoms with E-state index in [0.29, 0.717) is 11.6 Å². The number of nitrogens with zero attached hydrogens (tertiary/aromatic N) is 2. The van der Waals surface area contributed by atoms with Crippen LogP contribution in [0.5, 0.6) is 0 Å². The average Bonchev–Trinajstić information content (AvgIpc) is 2.78. The van der Waals surface area contributed by atoms with E-state index in [9.17, 15) is 8.42 Å². The number of aromatic nitrogens is 2. The molecule has 0 radical (unpaired) electrons. The number of hydrogen-bond donors (Lipinski definition) is 2. The van der Waals surface area contributed by atoms with Crippen LogP contribution in [-0.2, 0) is 15.4 Å². The van der Waals surface area contributed by atoms with Crippen molar-refractivity contribution in [3.8, 4) is 0 Å². The molecule has 33 heavy (non-hydrogen) atoms. The van der Waals surface area contributed by atoms with Gasteiger partial charge in [-0.3, -0.25) is 5.43 Å². The fourth-order valence-electron chi connectivity index (χ4n) is 3.17. The maximum Gasteiger partial charge on any atom is 0.257 e. The second kappa shape index (κ2) is 9.13. The molecule has 6 nitrogen and oxygen atoms in total. The first kappa shape index (κ1) is 23.2. The van der Waals surface area contributed by atoms with Crippen molar-refractivity contribution in [1.82, 2.24) is 14.8 Å². The summed E-state index contributed by atoms with van der Waals surface area (Å²) in [5.41, 5.74) is 4.29. The van der Waals surface area contributed by atoms with Crippen LogP contribution in [0.4, 0.5) is 5.82 Å². The number of hydrogen-bond acceptors (Lipinski definition) is 6.